The Labute approximate surface area is 202 Å². The lowest BCUT2D eigenvalue weighted by molar-refractivity contribution is -0.141. The van der Waals surface area contributed by atoms with Gasteiger partial charge in [0.25, 0.3) is 0 Å². The highest BCUT2D eigenvalue weighted by atomic mass is 35.5. The molecule has 2 aromatic rings. The number of nitrogens with zero attached hydrogens (tertiary/aromatic N) is 1. The first-order valence-electron chi connectivity index (χ1n) is 11.5. The molecule has 0 aliphatic carbocycles. The van der Waals surface area contributed by atoms with Gasteiger partial charge in [-0.2, -0.15) is 0 Å². The lowest BCUT2D eigenvalue weighted by Gasteiger charge is -2.31. The molecule has 6 nitrogen and oxygen atoms in total. The van der Waals surface area contributed by atoms with E-state index in [4.69, 9.17) is 21.1 Å². The van der Waals surface area contributed by atoms with Gasteiger partial charge in [0.1, 0.15) is 17.5 Å². The van der Waals surface area contributed by atoms with Crippen LogP contribution in [0.5, 0.6) is 11.5 Å². The first-order chi connectivity index (χ1) is 15.9. The fraction of sp³-hybridized carbons (Fsp3) is 0.462. The van der Waals surface area contributed by atoms with Crippen molar-refractivity contribution in [3.8, 4) is 11.5 Å². The Bertz CT molecular complexity index is 888. The predicted molar refractivity (Wildman–Crippen MR) is 132 cm³/mol. The first-order valence-corrected chi connectivity index (χ1v) is 11.9. The molecule has 0 saturated heterocycles. The van der Waals surface area contributed by atoms with Crippen molar-refractivity contribution in [1.29, 1.82) is 0 Å². The van der Waals surface area contributed by atoms with Crippen LogP contribution >= 0.6 is 11.6 Å². The van der Waals surface area contributed by atoms with E-state index < -0.39 is 6.04 Å². The second kappa shape index (κ2) is 13.7. The van der Waals surface area contributed by atoms with Gasteiger partial charge in [0.2, 0.25) is 11.8 Å². The summed E-state index contributed by atoms with van der Waals surface area (Å²) in [5.41, 5.74) is 0.912. The van der Waals surface area contributed by atoms with Crippen molar-refractivity contribution in [3.63, 3.8) is 0 Å². The SMILES string of the molecule is CC[C@H](C(=O)N[C@@H](C)CC)N(Cc1cccc(OC)c1)C(=O)CCCOc1ccc(Cl)cc1. The summed E-state index contributed by atoms with van der Waals surface area (Å²) in [7, 11) is 1.61. The van der Waals surface area contributed by atoms with E-state index >= 15 is 0 Å². The van der Waals surface area contributed by atoms with Gasteiger partial charge < -0.3 is 19.7 Å². The quantitative estimate of drug-likeness (QED) is 0.403. The monoisotopic (exact) mass is 474 g/mol. The largest absolute Gasteiger partial charge is 0.497 e. The van der Waals surface area contributed by atoms with Crippen LogP contribution in [0.2, 0.25) is 5.02 Å². The summed E-state index contributed by atoms with van der Waals surface area (Å²) < 4.78 is 11.0. The number of carbonyl (C=O) groups is 2. The maximum Gasteiger partial charge on any atom is 0.243 e. The summed E-state index contributed by atoms with van der Waals surface area (Å²) in [5.74, 6) is 1.22. The number of amides is 2. The number of benzene rings is 2. The number of nitrogens with one attached hydrogen (secondary N) is 1. The molecule has 0 spiro atoms. The third kappa shape index (κ3) is 8.61. The van der Waals surface area contributed by atoms with Crippen LogP contribution in [0.3, 0.4) is 0 Å². The van der Waals surface area contributed by atoms with Crippen molar-refractivity contribution in [2.75, 3.05) is 13.7 Å². The number of methoxy groups -OCH3 is 1. The Morgan fingerprint density at radius 2 is 1.79 bits per heavy atom. The average Bonchev–Trinajstić information content (AvgIpc) is 2.82. The normalized spacial score (nSPS) is 12.5. The van der Waals surface area contributed by atoms with Crippen LogP contribution < -0.4 is 14.8 Å². The summed E-state index contributed by atoms with van der Waals surface area (Å²) in [6.07, 6.45) is 2.18. The maximum absolute atomic E-state index is 13.3. The summed E-state index contributed by atoms with van der Waals surface area (Å²) in [6, 6.07) is 14.2. The van der Waals surface area contributed by atoms with Gasteiger partial charge in [-0.1, -0.05) is 37.6 Å². The lowest BCUT2D eigenvalue weighted by atomic mass is 10.1. The molecule has 0 saturated carbocycles. The van der Waals surface area contributed by atoms with Gasteiger partial charge in [-0.05, 0) is 68.1 Å². The second-order valence-electron chi connectivity index (χ2n) is 8.02. The fourth-order valence-corrected chi connectivity index (χ4v) is 3.54. The summed E-state index contributed by atoms with van der Waals surface area (Å²) in [4.78, 5) is 27.9. The molecule has 7 heteroatoms. The Morgan fingerprint density at radius 1 is 1.06 bits per heavy atom. The van der Waals surface area contributed by atoms with Crippen molar-refractivity contribution >= 4 is 23.4 Å². The zero-order chi connectivity index (χ0) is 24.2. The van der Waals surface area contributed by atoms with Crippen LogP contribution in [0.1, 0.15) is 52.0 Å². The third-order valence-electron chi connectivity index (χ3n) is 5.49. The third-order valence-corrected chi connectivity index (χ3v) is 5.74. The molecule has 0 unspecified atom stereocenters. The van der Waals surface area contributed by atoms with E-state index in [0.29, 0.717) is 42.5 Å². The molecule has 0 aliphatic heterocycles. The molecule has 33 heavy (non-hydrogen) atoms. The molecule has 0 fully saturated rings. The van der Waals surface area contributed by atoms with Crippen LogP contribution in [0.4, 0.5) is 0 Å². The summed E-state index contributed by atoms with van der Waals surface area (Å²) in [6.45, 7) is 6.64. The number of ether oxygens (including phenoxy) is 2. The number of carbonyl (C=O) groups excluding carboxylic acids is 2. The highest BCUT2D eigenvalue weighted by Gasteiger charge is 2.29. The van der Waals surface area contributed by atoms with E-state index in [2.05, 4.69) is 5.32 Å². The molecule has 2 aromatic carbocycles. The Hall–Kier alpha value is -2.73. The van der Waals surface area contributed by atoms with E-state index in [9.17, 15) is 9.59 Å². The van der Waals surface area contributed by atoms with E-state index in [1.54, 1.807) is 36.3 Å². The summed E-state index contributed by atoms with van der Waals surface area (Å²) in [5, 5.41) is 3.67. The Kier molecular flexibility index (Phi) is 11.0. The number of hydrogen-bond acceptors (Lipinski definition) is 4. The van der Waals surface area contributed by atoms with Crippen molar-refractivity contribution in [3.05, 3.63) is 59.1 Å². The van der Waals surface area contributed by atoms with Gasteiger partial charge >= 0.3 is 0 Å². The maximum atomic E-state index is 13.3. The lowest BCUT2D eigenvalue weighted by Crippen LogP contribution is -2.50. The van der Waals surface area contributed by atoms with Crippen LogP contribution in [0, 0.1) is 0 Å². The first kappa shape index (κ1) is 26.5. The van der Waals surface area contributed by atoms with Crippen LogP contribution in [0.15, 0.2) is 48.5 Å². The zero-order valence-electron chi connectivity index (χ0n) is 20.0. The van der Waals surface area contributed by atoms with Gasteiger partial charge in [0.15, 0.2) is 0 Å². The molecule has 1 N–H and O–H groups in total. The van der Waals surface area contributed by atoms with E-state index in [-0.39, 0.29) is 24.3 Å². The van der Waals surface area contributed by atoms with Crippen molar-refractivity contribution in [1.82, 2.24) is 10.2 Å². The minimum atomic E-state index is -0.546. The second-order valence-corrected chi connectivity index (χ2v) is 8.46. The number of rotatable bonds is 13. The molecule has 180 valence electrons. The van der Waals surface area contributed by atoms with E-state index in [1.165, 1.54) is 0 Å². The van der Waals surface area contributed by atoms with Gasteiger partial charge in [0, 0.05) is 24.0 Å². The highest BCUT2D eigenvalue weighted by Crippen LogP contribution is 2.19. The summed E-state index contributed by atoms with van der Waals surface area (Å²) >= 11 is 5.90. The highest BCUT2D eigenvalue weighted by molar-refractivity contribution is 6.30. The molecule has 0 bridgehead atoms. The van der Waals surface area contributed by atoms with Crippen molar-refractivity contribution in [2.24, 2.45) is 0 Å². The number of hydrogen-bond donors (Lipinski definition) is 1. The van der Waals surface area contributed by atoms with Gasteiger partial charge in [0.05, 0.1) is 13.7 Å². The average molecular weight is 475 g/mol. The minimum absolute atomic E-state index is 0.0492. The van der Waals surface area contributed by atoms with Crippen molar-refractivity contribution < 1.29 is 19.1 Å². The van der Waals surface area contributed by atoms with E-state index in [0.717, 1.165) is 12.0 Å². The van der Waals surface area contributed by atoms with Crippen LogP contribution in [0.25, 0.3) is 0 Å². The molecule has 2 rings (SSSR count). The Morgan fingerprint density at radius 3 is 2.42 bits per heavy atom. The molecule has 0 aromatic heterocycles. The number of halogens is 1. The molecule has 0 aliphatic rings. The van der Waals surface area contributed by atoms with Gasteiger partial charge in [-0.25, -0.2) is 0 Å². The molecule has 0 radical (unpaired) electrons. The van der Waals surface area contributed by atoms with E-state index in [1.807, 2.05) is 45.0 Å². The molecule has 2 amide bonds. The Balaban J connectivity index is 2.09. The van der Waals surface area contributed by atoms with Gasteiger partial charge in [-0.3, -0.25) is 9.59 Å². The molecular formula is C26H35ClN2O4. The topological polar surface area (TPSA) is 67.9 Å². The molecular weight excluding hydrogens is 440 g/mol. The fourth-order valence-electron chi connectivity index (χ4n) is 3.42. The smallest absolute Gasteiger partial charge is 0.243 e. The van der Waals surface area contributed by atoms with Gasteiger partial charge in [-0.15, -0.1) is 0 Å². The van der Waals surface area contributed by atoms with Crippen LogP contribution in [-0.2, 0) is 16.1 Å². The molecule has 0 heterocycles. The van der Waals surface area contributed by atoms with Crippen molar-refractivity contribution in [2.45, 2.75) is 65.1 Å². The zero-order valence-corrected chi connectivity index (χ0v) is 20.7. The van der Waals surface area contributed by atoms with Crippen LogP contribution in [-0.4, -0.2) is 42.5 Å². The standard InChI is InChI=1S/C26H35ClN2O4/c1-5-19(3)28-26(31)24(6-2)29(18-20-9-7-10-23(17-20)32-4)25(30)11-8-16-33-22-14-12-21(27)13-15-22/h7,9-10,12-15,17,19,24H,5-6,8,11,16,18H2,1-4H3,(H,28,31)/t19-,24+/m0/s1. The predicted octanol–water partition coefficient (Wildman–Crippen LogP) is 5.23. The minimum Gasteiger partial charge on any atom is -0.497 e. The molecule has 2 atom stereocenters.